The van der Waals surface area contributed by atoms with Crippen molar-refractivity contribution in [2.24, 2.45) is 4.99 Å². The molecule has 4 aromatic rings. The number of carbonyl (C=O) groups excluding carboxylic acids is 2. The van der Waals surface area contributed by atoms with Crippen LogP contribution in [0.5, 0.6) is 5.88 Å². The van der Waals surface area contributed by atoms with Crippen molar-refractivity contribution in [3.05, 3.63) is 89.4 Å². The number of nitrogens with one attached hydrogen (secondary N) is 2. The number of benzodiazepines with no additional fused rings is 1. The SMILES string of the molecule is CO[C@@H]1CCN(c2ccc(-c3nn4c(c3C(=O)N[C@H]3N=C(c5ccccc5)c5cccc(F)c5NC3=O)OC(C)CC4)cn2)C1. The van der Waals surface area contributed by atoms with E-state index in [1.807, 2.05) is 49.4 Å². The van der Waals surface area contributed by atoms with Crippen LogP contribution in [-0.2, 0) is 16.1 Å². The van der Waals surface area contributed by atoms with Crippen LogP contribution in [0.4, 0.5) is 15.9 Å². The number of hydrogen-bond donors (Lipinski definition) is 2. The second-order valence-electron chi connectivity index (χ2n) is 11.3. The Morgan fingerprint density at radius 2 is 1.91 bits per heavy atom. The molecule has 0 saturated carbocycles. The van der Waals surface area contributed by atoms with Crippen LogP contribution < -0.4 is 20.3 Å². The van der Waals surface area contributed by atoms with E-state index in [0.29, 0.717) is 40.5 Å². The Hall–Kier alpha value is -5.10. The van der Waals surface area contributed by atoms with Crippen LogP contribution in [0.1, 0.15) is 41.3 Å². The van der Waals surface area contributed by atoms with Crippen LogP contribution in [-0.4, -0.2) is 70.9 Å². The Balaban J connectivity index is 1.24. The van der Waals surface area contributed by atoms with Crippen LogP contribution in [0, 0.1) is 5.82 Å². The Morgan fingerprint density at radius 3 is 2.67 bits per heavy atom. The summed E-state index contributed by atoms with van der Waals surface area (Å²) in [5.41, 5.74) is 2.63. The molecule has 230 valence electrons. The Bertz CT molecular complexity index is 1790. The van der Waals surface area contributed by atoms with E-state index in [9.17, 15) is 14.0 Å². The first-order chi connectivity index (χ1) is 21.9. The van der Waals surface area contributed by atoms with Crippen molar-refractivity contribution in [3.8, 4) is 17.1 Å². The number of fused-ring (bicyclic) bond motifs is 2. The lowest BCUT2D eigenvalue weighted by atomic mass is 10.0. The highest BCUT2D eigenvalue weighted by molar-refractivity contribution is 6.20. The number of carbonyl (C=O) groups is 2. The molecule has 1 unspecified atom stereocenters. The fourth-order valence-corrected chi connectivity index (χ4v) is 5.94. The number of rotatable bonds is 6. The summed E-state index contributed by atoms with van der Waals surface area (Å²) in [5, 5.41) is 10.1. The quantitative estimate of drug-likeness (QED) is 0.339. The largest absolute Gasteiger partial charge is 0.474 e. The minimum atomic E-state index is -1.37. The number of aryl methyl sites for hydroxylation is 1. The number of para-hydroxylation sites is 1. The van der Waals surface area contributed by atoms with Gasteiger partial charge in [0.2, 0.25) is 12.0 Å². The Labute approximate surface area is 259 Å². The van der Waals surface area contributed by atoms with Crippen LogP contribution in [0.2, 0.25) is 0 Å². The van der Waals surface area contributed by atoms with Crippen molar-refractivity contribution < 1.29 is 23.5 Å². The number of methoxy groups -OCH3 is 1. The molecule has 11 nitrogen and oxygen atoms in total. The molecule has 0 aliphatic carbocycles. The standard InChI is InChI=1S/C33H32FN7O4/c1-19-13-16-41-33(45-19)26(28(39-41)21-11-12-25(35-17-21)40-15-14-22(18-40)44-2)31(42)38-30-32(43)37-29-23(9-6-10-24(29)34)27(36-30)20-7-4-3-5-8-20/h3-12,17,19,22,30H,13-16,18H2,1-2H3,(H,37,43)(H,38,42)/t19?,22-,30-/m1/s1. The smallest absolute Gasteiger partial charge is 0.269 e. The van der Waals surface area contributed by atoms with Crippen LogP contribution in [0.15, 0.2) is 71.9 Å². The molecule has 1 saturated heterocycles. The molecular weight excluding hydrogens is 577 g/mol. The molecule has 12 heteroatoms. The van der Waals surface area contributed by atoms with Gasteiger partial charge in [-0.3, -0.25) is 9.59 Å². The third-order valence-corrected chi connectivity index (χ3v) is 8.36. The molecule has 5 heterocycles. The number of hydrogen-bond acceptors (Lipinski definition) is 8. The molecule has 3 aliphatic heterocycles. The van der Waals surface area contributed by atoms with E-state index in [-0.39, 0.29) is 23.5 Å². The monoisotopic (exact) mass is 609 g/mol. The zero-order valence-electron chi connectivity index (χ0n) is 24.9. The fourth-order valence-electron chi connectivity index (χ4n) is 5.94. The van der Waals surface area contributed by atoms with Crippen molar-refractivity contribution >= 4 is 29.0 Å². The van der Waals surface area contributed by atoms with E-state index in [1.54, 1.807) is 30.1 Å². The van der Waals surface area contributed by atoms with Gasteiger partial charge < -0.3 is 25.0 Å². The van der Waals surface area contributed by atoms with Crippen molar-refractivity contribution in [1.29, 1.82) is 0 Å². The first kappa shape index (κ1) is 28.7. The number of pyridine rings is 1. The van der Waals surface area contributed by atoms with E-state index in [0.717, 1.165) is 31.7 Å². The summed E-state index contributed by atoms with van der Waals surface area (Å²) < 4.78 is 28.2. The topological polar surface area (TPSA) is 123 Å². The molecule has 7 rings (SSSR count). The van der Waals surface area contributed by atoms with E-state index in [2.05, 4.69) is 25.5 Å². The Kier molecular flexibility index (Phi) is 7.50. The number of nitrogens with zero attached hydrogens (tertiary/aromatic N) is 5. The fraction of sp³-hybridized carbons (Fsp3) is 0.303. The van der Waals surface area contributed by atoms with Gasteiger partial charge in [0.25, 0.3) is 11.8 Å². The normalized spacial score (nSPS) is 20.8. The number of anilines is 2. The van der Waals surface area contributed by atoms with Crippen LogP contribution >= 0.6 is 0 Å². The Morgan fingerprint density at radius 1 is 1.07 bits per heavy atom. The van der Waals surface area contributed by atoms with E-state index in [4.69, 9.17) is 14.6 Å². The molecule has 0 bridgehead atoms. The molecule has 45 heavy (non-hydrogen) atoms. The van der Waals surface area contributed by atoms with Gasteiger partial charge in [0.15, 0.2) is 0 Å². The van der Waals surface area contributed by atoms with Gasteiger partial charge in [-0.25, -0.2) is 19.0 Å². The minimum Gasteiger partial charge on any atom is -0.474 e. The summed E-state index contributed by atoms with van der Waals surface area (Å²) in [6.45, 7) is 4.08. The van der Waals surface area contributed by atoms with Crippen LogP contribution in [0.3, 0.4) is 0 Å². The summed E-state index contributed by atoms with van der Waals surface area (Å²) in [6.07, 6.45) is 1.99. The zero-order chi connectivity index (χ0) is 31.1. The lowest BCUT2D eigenvalue weighted by molar-refractivity contribution is -0.117. The number of benzene rings is 2. The van der Waals surface area contributed by atoms with Gasteiger partial charge >= 0.3 is 0 Å². The van der Waals surface area contributed by atoms with Crippen LogP contribution in [0.25, 0.3) is 11.3 Å². The third kappa shape index (κ3) is 5.42. The van der Waals surface area contributed by atoms with Gasteiger partial charge in [-0.05, 0) is 31.5 Å². The molecule has 3 atom stereocenters. The maximum Gasteiger partial charge on any atom is 0.269 e. The first-order valence-electron chi connectivity index (χ1n) is 14.9. The molecule has 2 N–H and O–H groups in total. The number of aromatic nitrogens is 3. The summed E-state index contributed by atoms with van der Waals surface area (Å²) in [4.78, 5) is 39.1. The maximum absolute atomic E-state index is 15.0. The van der Waals surface area contributed by atoms with E-state index < -0.39 is 23.8 Å². The average Bonchev–Trinajstić information content (AvgIpc) is 3.66. The third-order valence-electron chi connectivity index (χ3n) is 8.36. The lowest BCUT2D eigenvalue weighted by Gasteiger charge is -2.22. The number of ether oxygens (including phenoxy) is 2. The van der Waals surface area contributed by atoms with Crippen molar-refractivity contribution in [3.63, 3.8) is 0 Å². The molecule has 1 fully saturated rings. The molecule has 0 spiro atoms. The van der Waals surface area contributed by atoms with Gasteiger partial charge in [0.05, 0.1) is 23.6 Å². The molecule has 2 amide bonds. The van der Waals surface area contributed by atoms with Gasteiger partial charge in [-0.2, -0.15) is 5.10 Å². The van der Waals surface area contributed by atoms with Crippen molar-refractivity contribution in [1.82, 2.24) is 20.1 Å². The average molecular weight is 610 g/mol. The van der Waals surface area contributed by atoms with E-state index in [1.165, 1.54) is 6.07 Å². The maximum atomic E-state index is 15.0. The van der Waals surface area contributed by atoms with Crippen molar-refractivity contribution in [2.75, 3.05) is 30.4 Å². The second kappa shape index (κ2) is 11.8. The van der Waals surface area contributed by atoms with Gasteiger partial charge in [-0.15, -0.1) is 0 Å². The van der Waals surface area contributed by atoms with E-state index >= 15 is 0 Å². The summed E-state index contributed by atoms with van der Waals surface area (Å²) >= 11 is 0. The first-order valence-corrected chi connectivity index (χ1v) is 14.9. The predicted molar refractivity (Wildman–Crippen MR) is 166 cm³/mol. The highest BCUT2D eigenvalue weighted by Gasteiger charge is 2.34. The molecule has 2 aromatic heterocycles. The molecule has 3 aliphatic rings. The molecule has 0 radical (unpaired) electrons. The zero-order valence-corrected chi connectivity index (χ0v) is 24.9. The minimum absolute atomic E-state index is 0.00333. The van der Waals surface area contributed by atoms with Gasteiger partial charge in [-0.1, -0.05) is 42.5 Å². The lowest BCUT2D eigenvalue weighted by Crippen LogP contribution is -2.42. The summed E-state index contributed by atoms with van der Waals surface area (Å²) in [6, 6.07) is 17.4. The van der Waals surface area contributed by atoms with Gasteiger partial charge in [0, 0.05) is 56.1 Å². The van der Waals surface area contributed by atoms with Crippen molar-refractivity contribution in [2.45, 2.75) is 44.7 Å². The highest BCUT2D eigenvalue weighted by Crippen LogP contribution is 2.35. The van der Waals surface area contributed by atoms with Gasteiger partial charge in [0.1, 0.15) is 22.9 Å². The second-order valence-corrected chi connectivity index (χ2v) is 11.3. The number of aliphatic imine (C=N–C) groups is 1. The number of amides is 2. The summed E-state index contributed by atoms with van der Waals surface area (Å²) in [5.74, 6) is -0.765. The summed E-state index contributed by atoms with van der Waals surface area (Å²) in [7, 11) is 1.71. The highest BCUT2D eigenvalue weighted by atomic mass is 19.1. The predicted octanol–water partition coefficient (Wildman–Crippen LogP) is 4.03. The molecule has 2 aromatic carbocycles. The molecular formula is C33H32FN7O4. The number of halogens is 1.